The molecule has 2 aromatic rings. The lowest BCUT2D eigenvalue weighted by Gasteiger charge is -2.18. The highest BCUT2D eigenvalue weighted by molar-refractivity contribution is 7.89. The molecular formula is C18H21N3O5S. The van der Waals surface area contributed by atoms with E-state index in [0.29, 0.717) is 24.3 Å². The topological polar surface area (TPSA) is 110 Å². The lowest BCUT2D eigenvalue weighted by molar-refractivity contribution is -0.384. The van der Waals surface area contributed by atoms with Crippen LogP contribution in [0.1, 0.15) is 19.4 Å². The molecule has 27 heavy (non-hydrogen) atoms. The molecule has 0 saturated heterocycles. The summed E-state index contributed by atoms with van der Waals surface area (Å²) in [7, 11) is -3.61. The summed E-state index contributed by atoms with van der Waals surface area (Å²) in [5.74, 6) is -0.346. The average molecular weight is 391 g/mol. The Balaban J connectivity index is 2.11. The van der Waals surface area contributed by atoms with Crippen molar-refractivity contribution in [1.29, 1.82) is 0 Å². The van der Waals surface area contributed by atoms with Gasteiger partial charge < -0.3 is 5.32 Å². The number of sulfonamides is 1. The van der Waals surface area contributed by atoms with Gasteiger partial charge in [-0.1, -0.05) is 32.0 Å². The maximum absolute atomic E-state index is 12.6. The first kappa shape index (κ1) is 20.5. The molecular weight excluding hydrogens is 370 g/mol. The largest absolute Gasteiger partial charge is 0.326 e. The standard InChI is InChI=1S/C18H21N3O5S/c1-3-20(4-2)27(25,26)17-7-5-6-15(13-17)19-18(22)12-14-8-10-16(11-9-14)21(23)24/h5-11,13H,3-4,12H2,1-2H3,(H,19,22). The summed E-state index contributed by atoms with van der Waals surface area (Å²) in [5, 5.41) is 13.3. The van der Waals surface area contributed by atoms with Crippen LogP contribution in [0, 0.1) is 10.1 Å². The molecule has 0 aliphatic heterocycles. The molecule has 0 saturated carbocycles. The van der Waals surface area contributed by atoms with E-state index in [9.17, 15) is 23.3 Å². The number of nitro groups is 1. The van der Waals surface area contributed by atoms with E-state index >= 15 is 0 Å². The Morgan fingerprint density at radius 1 is 1.11 bits per heavy atom. The van der Waals surface area contributed by atoms with Gasteiger partial charge in [0.15, 0.2) is 0 Å². The van der Waals surface area contributed by atoms with Crippen LogP contribution >= 0.6 is 0 Å². The van der Waals surface area contributed by atoms with E-state index in [0.717, 1.165) is 0 Å². The monoisotopic (exact) mass is 391 g/mol. The number of non-ortho nitro benzene ring substituents is 1. The van der Waals surface area contributed by atoms with Gasteiger partial charge in [-0.15, -0.1) is 0 Å². The molecule has 144 valence electrons. The third-order valence-electron chi connectivity index (χ3n) is 3.97. The second kappa shape index (κ2) is 8.74. The van der Waals surface area contributed by atoms with Crippen LogP contribution in [0.25, 0.3) is 0 Å². The first-order valence-corrected chi connectivity index (χ1v) is 9.85. The van der Waals surface area contributed by atoms with Crippen molar-refractivity contribution in [3.05, 3.63) is 64.2 Å². The summed E-state index contributed by atoms with van der Waals surface area (Å²) < 4.78 is 26.5. The normalized spacial score (nSPS) is 11.4. The number of hydrogen-bond acceptors (Lipinski definition) is 5. The van der Waals surface area contributed by atoms with Gasteiger partial charge in [-0.3, -0.25) is 14.9 Å². The Hall–Kier alpha value is -2.78. The van der Waals surface area contributed by atoms with Gasteiger partial charge in [-0.25, -0.2) is 8.42 Å². The van der Waals surface area contributed by atoms with E-state index in [4.69, 9.17) is 0 Å². The van der Waals surface area contributed by atoms with Gasteiger partial charge in [0.2, 0.25) is 15.9 Å². The van der Waals surface area contributed by atoms with E-state index in [1.807, 2.05) is 0 Å². The van der Waals surface area contributed by atoms with Gasteiger partial charge in [0.05, 0.1) is 16.2 Å². The van der Waals surface area contributed by atoms with E-state index in [1.165, 1.54) is 40.7 Å². The number of amides is 1. The van der Waals surface area contributed by atoms with Crippen molar-refractivity contribution in [3.63, 3.8) is 0 Å². The molecule has 1 N–H and O–H groups in total. The number of nitrogens with one attached hydrogen (secondary N) is 1. The molecule has 0 bridgehead atoms. The molecule has 8 nitrogen and oxygen atoms in total. The summed E-state index contributed by atoms with van der Waals surface area (Å²) >= 11 is 0. The van der Waals surface area contributed by atoms with Crippen LogP contribution in [0.2, 0.25) is 0 Å². The summed E-state index contributed by atoms with van der Waals surface area (Å²) in [4.78, 5) is 22.5. The fraction of sp³-hybridized carbons (Fsp3) is 0.278. The van der Waals surface area contributed by atoms with Crippen molar-refractivity contribution >= 4 is 27.3 Å². The number of carbonyl (C=O) groups excluding carboxylic acids is 1. The minimum atomic E-state index is -3.61. The maximum Gasteiger partial charge on any atom is 0.269 e. The molecule has 0 atom stereocenters. The highest BCUT2D eigenvalue weighted by atomic mass is 32.2. The second-order valence-electron chi connectivity index (χ2n) is 5.77. The van der Waals surface area contributed by atoms with E-state index in [1.54, 1.807) is 26.0 Å². The smallest absolute Gasteiger partial charge is 0.269 e. The van der Waals surface area contributed by atoms with Gasteiger partial charge in [-0.05, 0) is 23.8 Å². The van der Waals surface area contributed by atoms with Crippen molar-refractivity contribution in [2.45, 2.75) is 25.2 Å². The molecule has 1 amide bonds. The van der Waals surface area contributed by atoms with Crippen LogP contribution in [0.3, 0.4) is 0 Å². The zero-order valence-corrected chi connectivity index (χ0v) is 15.9. The van der Waals surface area contributed by atoms with Crippen molar-refractivity contribution < 1.29 is 18.1 Å². The van der Waals surface area contributed by atoms with Crippen molar-refractivity contribution in [3.8, 4) is 0 Å². The van der Waals surface area contributed by atoms with Crippen LogP contribution in [0.4, 0.5) is 11.4 Å². The fourth-order valence-corrected chi connectivity index (χ4v) is 4.08. The summed E-state index contributed by atoms with van der Waals surface area (Å²) in [5.41, 5.74) is 0.939. The van der Waals surface area contributed by atoms with Crippen LogP contribution in [-0.4, -0.2) is 36.6 Å². The van der Waals surface area contributed by atoms with Crippen LogP contribution in [0.5, 0.6) is 0 Å². The molecule has 0 spiro atoms. The van der Waals surface area contributed by atoms with Gasteiger partial charge in [-0.2, -0.15) is 4.31 Å². The second-order valence-corrected chi connectivity index (χ2v) is 7.70. The Morgan fingerprint density at radius 3 is 2.30 bits per heavy atom. The van der Waals surface area contributed by atoms with Gasteiger partial charge in [0.1, 0.15) is 0 Å². The minimum Gasteiger partial charge on any atom is -0.326 e. The zero-order valence-electron chi connectivity index (χ0n) is 15.1. The molecule has 2 rings (SSSR count). The van der Waals surface area contributed by atoms with Crippen LogP contribution < -0.4 is 5.32 Å². The quantitative estimate of drug-likeness (QED) is 0.550. The predicted molar refractivity (Wildman–Crippen MR) is 102 cm³/mol. The van der Waals surface area contributed by atoms with Gasteiger partial charge in [0, 0.05) is 30.9 Å². The summed E-state index contributed by atoms with van der Waals surface area (Å²) in [6, 6.07) is 11.8. The minimum absolute atomic E-state index is 0.0189. The van der Waals surface area contributed by atoms with Crippen molar-refractivity contribution in [1.82, 2.24) is 4.31 Å². The van der Waals surface area contributed by atoms with Crippen LogP contribution in [0.15, 0.2) is 53.4 Å². The summed E-state index contributed by atoms with van der Waals surface area (Å²) in [6.07, 6.45) is 0.0189. The van der Waals surface area contributed by atoms with E-state index < -0.39 is 14.9 Å². The molecule has 0 aromatic heterocycles. The Kier molecular flexibility index (Phi) is 6.65. The third kappa shape index (κ3) is 5.11. The Morgan fingerprint density at radius 2 is 1.74 bits per heavy atom. The molecule has 0 fully saturated rings. The highest BCUT2D eigenvalue weighted by Gasteiger charge is 2.21. The number of rotatable bonds is 8. The molecule has 0 aliphatic rings. The number of benzene rings is 2. The van der Waals surface area contributed by atoms with Gasteiger partial charge in [0.25, 0.3) is 5.69 Å². The van der Waals surface area contributed by atoms with Crippen molar-refractivity contribution in [2.24, 2.45) is 0 Å². The number of nitro benzene ring substituents is 1. The number of anilines is 1. The first-order valence-electron chi connectivity index (χ1n) is 8.41. The predicted octanol–water partition coefficient (Wildman–Crippen LogP) is 2.81. The van der Waals surface area contributed by atoms with Crippen molar-refractivity contribution in [2.75, 3.05) is 18.4 Å². The molecule has 0 aliphatic carbocycles. The zero-order chi connectivity index (χ0) is 20.0. The first-order chi connectivity index (χ1) is 12.8. The Labute approximate surface area is 158 Å². The fourth-order valence-electron chi connectivity index (χ4n) is 2.57. The number of hydrogen-bond donors (Lipinski definition) is 1. The lowest BCUT2D eigenvalue weighted by Crippen LogP contribution is -2.30. The summed E-state index contributed by atoms with van der Waals surface area (Å²) in [6.45, 7) is 4.24. The van der Waals surface area contributed by atoms with E-state index in [2.05, 4.69) is 5.32 Å². The maximum atomic E-state index is 12.6. The molecule has 0 heterocycles. The van der Waals surface area contributed by atoms with Crippen LogP contribution in [-0.2, 0) is 21.2 Å². The Bertz CT molecular complexity index is 922. The number of nitrogens with zero attached hydrogens (tertiary/aromatic N) is 2. The third-order valence-corrected chi connectivity index (χ3v) is 6.02. The molecule has 9 heteroatoms. The molecule has 0 unspecified atom stereocenters. The average Bonchev–Trinajstić information content (AvgIpc) is 2.63. The number of carbonyl (C=O) groups is 1. The SMILES string of the molecule is CCN(CC)S(=O)(=O)c1cccc(NC(=O)Cc2ccc([N+](=O)[O-])cc2)c1. The molecule has 2 aromatic carbocycles. The lowest BCUT2D eigenvalue weighted by atomic mass is 10.1. The molecule has 0 radical (unpaired) electrons. The van der Waals surface area contributed by atoms with E-state index in [-0.39, 0.29) is 22.9 Å². The van der Waals surface area contributed by atoms with Gasteiger partial charge >= 0.3 is 0 Å². The highest BCUT2D eigenvalue weighted by Crippen LogP contribution is 2.20.